The van der Waals surface area contributed by atoms with E-state index >= 15 is 0 Å². The van der Waals surface area contributed by atoms with E-state index in [1.807, 2.05) is 18.2 Å². The lowest BCUT2D eigenvalue weighted by Gasteiger charge is -2.20. The molecular weight excluding hydrogens is 553 g/mol. The summed E-state index contributed by atoms with van der Waals surface area (Å²) in [7, 11) is -4.71. The van der Waals surface area contributed by atoms with Gasteiger partial charge >= 0.3 is 25.7 Å². The number of carboxylic acids is 1. The van der Waals surface area contributed by atoms with E-state index in [0.29, 0.717) is 12.8 Å². The Labute approximate surface area is 244 Å². The summed E-state index contributed by atoms with van der Waals surface area (Å²) < 4.78 is 32.0. The number of carboxylic acid groups (broad SMARTS) is 1. The zero-order valence-electron chi connectivity index (χ0n) is 24.4. The lowest BCUT2D eigenvalue weighted by molar-refractivity contribution is -0.161. The molecule has 234 valence electrons. The lowest BCUT2D eigenvalue weighted by atomic mass is 10.2. The molecule has 0 fully saturated rings. The minimum absolute atomic E-state index is 0.0381. The van der Waals surface area contributed by atoms with E-state index < -0.39 is 51.1 Å². The average Bonchev–Trinajstić information content (AvgIpc) is 2.93. The fraction of sp³-hybridized carbons (Fsp3) is 0.621. The van der Waals surface area contributed by atoms with E-state index in [2.05, 4.69) is 48.8 Å². The second kappa shape index (κ2) is 25.2. The number of aliphatic carboxylic acids is 1. The molecule has 0 aromatic carbocycles. The van der Waals surface area contributed by atoms with Crippen LogP contribution in [0.15, 0.2) is 48.6 Å². The Bertz CT molecular complexity index is 900. The molecule has 0 heterocycles. The molecule has 41 heavy (non-hydrogen) atoms. The van der Waals surface area contributed by atoms with E-state index in [0.717, 1.165) is 44.9 Å². The summed E-state index contributed by atoms with van der Waals surface area (Å²) in [6.07, 6.45) is 22.9. The predicted octanol–water partition coefficient (Wildman–Crippen LogP) is 5.54. The molecule has 3 atom stereocenters. The highest BCUT2D eigenvalue weighted by Crippen LogP contribution is 2.43. The van der Waals surface area contributed by atoms with Crippen LogP contribution in [0.25, 0.3) is 0 Å². The molecule has 0 saturated heterocycles. The van der Waals surface area contributed by atoms with Crippen molar-refractivity contribution in [3.8, 4) is 0 Å². The van der Waals surface area contributed by atoms with Gasteiger partial charge in [0, 0.05) is 12.8 Å². The van der Waals surface area contributed by atoms with E-state index in [1.54, 1.807) is 0 Å². The molecule has 0 aliphatic rings. The number of allylic oxidation sites excluding steroid dienone is 8. The van der Waals surface area contributed by atoms with Crippen LogP contribution in [0.3, 0.4) is 0 Å². The Morgan fingerprint density at radius 1 is 0.780 bits per heavy atom. The van der Waals surface area contributed by atoms with Crippen LogP contribution in [0.5, 0.6) is 0 Å². The number of phosphoric ester groups is 1. The minimum Gasteiger partial charge on any atom is -0.480 e. The zero-order valence-corrected chi connectivity index (χ0v) is 25.3. The van der Waals surface area contributed by atoms with Crippen molar-refractivity contribution < 1.29 is 47.5 Å². The minimum atomic E-state index is -4.71. The van der Waals surface area contributed by atoms with E-state index in [4.69, 9.17) is 24.8 Å². The van der Waals surface area contributed by atoms with Crippen LogP contribution >= 0.6 is 7.82 Å². The second-order valence-electron chi connectivity index (χ2n) is 9.15. The van der Waals surface area contributed by atoms with Gasteiger partial charge in [-0.25, -0.2) is 4.57 Å². The van der Waals surface area contributed by atoms with Crippen LogP contribution in [0.4, 0.5) is 0 Å². The highest BCUT2D eigenvalue weighted by Gasteiger charge is 2.28. The van der Waals surface area contributed by atoms with Crippen LogP contribution < -0.4 is 5.73 Å². The first-order valence-electron chi connectivity index (χ1n) is 14.2. The fourth-order valence-electron chi connectivity index (χ4n) is 3.07. The summed E-state index contributed by atoms with van der Waals surface area (Å²) in [6, 6.07) is -1.53. The molecule has 3 unspecified atom stereocenters. The van der Waals surface area contributed by atoms with Gasteiger partial charge < -0.3 is 25.2 Å². The van der Waals surface area contributed by atoms with Gasteiger partial charge in [-0.15, -0.1) is 0 Å². The maximum absolute atomic E-state index is 12.3. The van der Waals surface area contributed by atoms with Crippen molar-refractivity contribution in [2.24, 2.45) is 5.73 Å². The normalized spacial score (nSPS) is 15.0. The van der Waals surface area contributed by atoms with Gasteiger partial charge in [-0.1, -0.05) is 81.7 Å². The smallest absolute Gasteiger partial charge is 0.472 e. The molecule has 0 radical (unpaired) electrons. The summed E-state index contributed by atoms with van der Waals surface area (Å²) in [6.45, 7) is 2.39. The summed E-state index contributed by atoms with van der Waals surface area (Å²) in [5.41, 5.74) is 5.25. The van der Waals surface area contributed by atoms with Gasteiger partial charge in [-0.3, -0.25) is 23.4 Å². The molecule has 4 N–H and O–H groups in total. The van der Waals surface area contributed by atoms with E-state index in [1.165, 1.54) is 0 Å². The van der Waals surface area contributed by atoms with Gasteiger partial charge in [0.15, 0.2) is 6.10 Å². The standard InChI is InChI=1S/C29H48NO10P/c1-3-5-7-9-10-11-12-13-14-15-16-17-19-21-28(32)40-25(22-37-27(31)20-18-8-6-4-2)23-38-41(35,36)39-24-26(30)29(33)34/h5,7,10-11,13-14,16-17,25-26H,3-4,6,8-9,12,15,18-24,30H2,1-2H3,(H,33,34)(H,35,36)/b7-5-,11-10-,14-13-,17-16-. The molecule has 0 aromatic rings. The van der Waals surface area contributed by atoms with Gasteiger partial charge in [0.25, 0.3) is 0 Å². The summed E-state index contributed by atoms with van der Waals surface area (Å²) in [5.74, 6) is -2.52. The first-order chi connectivity index (χ1) is 19.6. The van der Waals surface area contributed by atoms with Crippen LogP contribution in [0.1, 0.15) is 84.5 Å². The Balaban J connectivity index is 4.66. The highest BCUT2D eigenvalue weighted by molar-refractivity contribution is 7.47. The van der Waals surface area contributed by atoms with Gasteiger partial charge in [0.05, 0.1) is 13.2 Å². The van der Waals surface area contributed by atoms with Crippen molar-refractivity contribution >= 4 is 25.7 Å². The average molecular weight is 602 g/mol. The quantitative estimate of drug-likeness (QED) is 0.0519. The zero-order chi connectivity index (χ0) is 30.8. The number of carbonyl (C=O) groups is 3. The Hall–Kier alpha value is -2.56. The maximum atomic E-state index is 12.3. The van der Waals surface area contributed by atoms with E-state index in [-0.39, 0.29) is 19.4 Å². The number of rotatable bonds is 25. The third-order valence-electron chi connectivity index (χ3n) is 5.35. The van der Waals surface area contributed by atoms with Crippen LogP contribution in [0.2, 0.25) is 0 Å². The van der Waals surface area contributed by atoms with Crippen LogP contribution in [-0.2, 0) is 37.5 Å². The molecule has 0 aromatic heterocycles. The number of ether oxygens (including phenoxy) is 2. The fourth-order valence-corrected chi connectivity index (χ4v) is 3.85. The molecule has 12 heteroatoms. The second-order valence-corrected chi connectivity index (χ2v) is 10.6. The van der Waals surface area contributed by atoms with Crippen LogP contribution in [0, 0.1) is 0 Å². The number of esters is 2. The summed E-state index contributed by atoms with van der Waals surface area (Å²) >= 11 is 0. The van der Waals surface area contributed by atoms with Crippen molar-refractivity contribution in [2.75, 3.05) is 19.8 Å². The number of hydrogen-bond acceptors (Lipinski definition) is 9. The summed E-state index contributed by atoms with van der Waals surface area (Å²) in [4.78, 5) is 44.9. The first kappa shape index (κ1) is 38.4. The SMILES string of the molecule is CC/C=C\C/C=C\C/C=C\C/C=C\CCC(=O)OC(COC(=O)CCCCCC)COP(=O)(O)OCC(N)C(=O)O. The largest absolute Gasteiger partial charge is 0.480 e. The third-order valence-corrected chi connectivity index (χ3v) is 6.31. The van der Waals surface area contributed by atoms with Gasteiger partial charge in [-0.05, 0) is 38.5 Å². The molecule has 0 rings (SSSR count). The molecule has 0 aliphatic carbocycles. The Morgan fingerprint density at radius 3 is 1.95 bits per heavy atom. The number of nitrogens with two attached hydrogens (primary N) is 1. The molecular formula is C29H48NO10P. The third kappa shape index (κ3) is 24.9. The van der Waals surface area contributed by atoms with Crippen LogP contribution in [-0.4, -0.2) is 59.9 Å². The van der Waals surface area contributed by atoms with Gasteiger partial charge in [0.2, 0.25) is 0 Å². The highest BCUT2D eigenvalue weighted by atomic mass is 31.2. The molecule has 0 amide bonds. The van der Waals surface area contributed by atoms with Gasteiger partial charge in [0.1, 0.15) is 12.6 Å². The predicted molar refractivity (Wildman–Crippen MR) is 157 cm³/mol. The number of unbranched alkanes of at least 4 members (excludes halogenated alkanes) is 3. The van der Waals surface area contributed by atoms with Crippen molar-refractivity contribution in [3.63, 3.8) is 0 Å². The van der Waals surface area contributed by atoms with Crippen molar-refractivity contribution in [1.82, 2.24) is 0 Å². The topological polar surface area (TPSA) is 172 Å². The molecule has 11 nitrogen and oxygen atoms in total. The summed E-state index contributed by atoms with van der Waals surface area (Å²) in [5, 5.41) is 8.77. The van der Waals surface area contributed by atoms with Crippen molar-refractivity contribution in [1.29, 1.82) is 0 Å². The van der Waals surface area contributed by atoms with Crippen molar-refractivity contribution in [3.05, 3.63) is 48.6 Å². The van der Waals surface area contributed by atoms with E-state index in [9.17, 15) is 23.8 Å². The Morgan fingerprint density at radius 2 is 1.37 bits per heavy atom. The molecule has 0 aliphatic heterocycles. The maximum Gasteiger partial charge on any atom is 0.472 e. The number of hydrogen-bond donors (Lipinski definition) is 3. The lowest BCUT2D eigenvalue weighted by Crippen LogP contribution is -2.34. The van der Waals surface area contributed by atoms with Crippen molar-refractivity contribution in [2.45, 2.75) is 96.6 Å². The van der Waals surface area contributed by atoms with Gasteiger partial charge in [-0.2, -0.15) is 0 Å². The number of carbonyl (C=O) groups excluding carboxylic acids is 2. The molecule has 0 saturated carbocycles. The molecule has 0 bridgehead atoms. The monoisotopic (exact) mass is 601 g/mol. The Kier molecular flexibility index (Phi) is 23.6. The number of phosphoric acid groups is 1. The molecule has 0 spiro atoms. The first-order valence-corrected chi connectivity index (χ1v) is 15.7.